The van der Waals surface area contributed by atoms with Crippen LogP contribution in [0.3, 0.4) is 0 Å². The first-order chi connectivity index (χ1) is 7.24. The third-order valence-corrected chi connectivity index (χ3v) is 4.93. The van der Waals surface area contributed by atoms with E-state index in [0.717, 1.165) is 5.56 Å². The Labute approximate surface area is 109 Å². The molecule has 0 aliphatic carbocycles. The Morgan fingerprint density at radius 3 is 2.44 bits per heavy atom. The average molecular weight is 327 g/mol. The molecule has 3 nitrogen and oxygen atoms in total. The summed E-state index contributed by atoms with van der Waals surface area (Å²) in [5.41, 5.74) is 1.35. The van der Waals surface area contributed by atoms with Crippen molar-refractivity contribution in [3.63, 3.8) is 0 Å². The van der Waals surface area contributed by atoms with Gasteiger partial charge in [0, 0.05) is 9.50 Å². The maximum Gasteiger partial charge on any atom is 0.235 e. The van der Waals surface area contributed by atoms with E-state index in [9.17, 15) is 8.42 Å². The van der Waals surface area contributed by atoms with Crippen LogP contribution >= 0.6 is 27.5 Å². The molecule has 0 saturated carbocycles. The van der Waals surface area contributed by atoms with Crippen LogP contribution in [-0.4, -0.2) is 13.7 Å². The first-order valence-electron chi connectivity index (χ1n) is 4.71. The summed E-state index contributed by atoms with van der Waals surface area (Å²) in [6.07, 6.45) is 0. The Bertz CT molecular complexity index is 500. The normalized spacial score (nSPS) is 11.9. The molecule has 1 aromatic carbocycles. The predicted octanol–water partition coefficient (Wildman–Crippen LogP) is 3.56. The van der Waals surface area contributed by atoms with E-state index in [1.807, 2.05) is 6.92 Å². The molecule has 0 aliphatic heterocycles. The third kappa shape index (κ3) is 3.12. The van der Waals surface area contributed by atoms with Gasteiger partial charge in [0.25, 0.3) is 0 Å². The quantitative estimate of drug-likeness (QED) is 0.923. The van der Waals surface area contributed by atoms with Crippen LogP contribution in [0.4, 0.5) is 5.69 Å². The zero-order valence-electron chi connectivity index (χ0n) is 9.21. The van der Waals surface area contributed by atoms with Gasteiger partial charge in [0.15, 0.2) is 0 Å². The highest BCUT2D eigenvalue weighted by Crippen LogP contribution is 2.30. The average Bonchev–Trinajstić information content (AvgIpc) is 2.13. The molecule has 16 heavy (non-hydrogen) atoms. The Kier molecular flexibility index (Phi) is 4.26. The van der Waals surface area contributed by atoms with Crippen molar-refractivity contribution in [2.75, 3.05) is 4.72 Å². The van der Waals surface area contributed by atoms with Gasteiger partial charge in [-0.15, -0.1) is 0 Å². The fraction of sp³-hybridized carbons (Fsp3) is 0.400. The maximum absolute atomic E-state index is 11.7. The molecule has 0 spiro atoms. The molecule has 0 aromatic heterocycles. The van der Waals surface area contributed by atoms with Crippen molar-refractivity contribution in [3.8, 4) is 0 Å². The lowest BCUT2D eigenvalue weighted by atomic mass is 10.2. The summed E-state index contributed by atoms with van der Waals surface area (Å²) in [5, 5.41) is 0.0455. The summed E-state index contributed by atoms with van der Waals surface area (Å²) in [6, 6.07) is 3.38. The van der Waals surface area contributed by atoms with E-state index < -0.39 is 15.3 Å². The largest absolute Gasteiger partial charge is 0.282 e. The molecule has 0 bridgehead atoms. The van der Waals surface area contributed by atoms with Crippen LogP contribution in [0.2, 0.25) is 5.02 Å². The highest BCUT2D eigenvalue weighted by Gasteiger charge is 2.17. The van der Waals surface area contributed by atoms with Gasteiger partial charge in [0.2, 0.25) is 10.0 Å². The lowest BCUT2D eigenvalue weighted by Gasteiger charge is -2.13. The molecule has 0 amide bonds. The zero-order chi connectivity index (χ0) is 12.5. The zero-order valence-corrected chi connectivity index (χ0v) is 12.4. The van der Waals surface area contributed by atoms with E-state index in [1.165, 1.54) is 0 Å². The minimum absolute atomic E-state index is 0.462. The van der Waals surface area contributed by atoms with Gasteiger partial charge in [-0.1, -0.05) is 11.6 Å². The summed E-state index contributed by atoms with van der Waals surface area (Å²) in [7, 11) is -3.34. The SMILES string of the molecule is Cc1cc(Br)c(NS(=O)(=O)C(C)C)cc1Cl. The van der Waals surface area contributed by atoms with Gasteiger partial charge < -0.3 is 0 Å². The summed E-state index contributed by atoms with van der Waals surface area (Å²) in [5.74, 6) is 0. The van der Waals surface area contributed by atoms with Gasteiger partial charge in [-0.05, 0) is 54.4 Å². The van der Waals surface area contributed by atoms with Crippen molar-refractivity contribution in [2.24, 2.45) is 0 Å². The van der Waals surface area contributed by atoms with Crippen LogP contribution in [0.15, 0.2) is 16.6 Å². The summed E-state index contributed by atoms with van der Waals surface area (Å²) >= 11 is 9.24. The minimum Gasteiger partial charge on any atom is -0.282 e. The number of rotatable bonds is 3. The van der Waals surface area contributed by atoms with E-state index in [1.54, 1.807) is 26.0 Å². The van der Waals surface area contributed by atoms with Gasteiger partial charge in [0.1, 0.15) is 0 Å². The van der Waals surface area contributed by atoms with Crippen LogP contribution < -0.4 is 4.72 Å². The summed E-state index contributed by atoms with van der Waals surface area (Å²) in [6.45, 7) is 5.09. The maximum atomic E-state index is 11.7. The monoisotopic (exact) mass is 325 g/mol. The van der Waals surface area contributed by atoms with Crippen LogP contribution in [0.1, 0.15) is 19.4 Å². The molecular formula is C10H13BrClNO2S. The lowest BCUT2D eigenvalue weighted by molar-refractivity contribution is 0.593. The smallest absolute Gasteiger partial charge is 0.235 e. The Balaban J connectivity index is 3.13. The van der Waals surface area contributed by atoms with Crippen molar-refractivity contribution >= 4 is 43.2 Å². The molecule has 0 unspecified atom stereocenters. The van der Waals surface area contributed by atoms with Gasteiger partial charge in [0.05, 0.1) is 10.9 Å². The van der Waals surface area contributed by atoms with Crippen LogP contribution in [-0.2, 0) is 10.0 Å². The number of nitrogens with one attached hydrogen (secondary N) is 1. The molecule has 0 saturated heterocycles. The minimum atomic E-state index is -3.34. The molecule has 0 atom stereocenters. The number of hydrogen-bond acceptors (Lipinski definition) is 2. The van der Waals surface area contributed by atoms with Crippen molar-refractivity contribution in [1.82, 2.24) is 0 Å². The number of hydrogen-bond donors (Lipinski definition) is 1. The summed E-state index contributed by atoms with van der Waals surface area (Å²) in [4.78, 5) is 0. The van der Waals surface area contributed by atoms with E-state index in [-0.39, 0.29) is 0 Å². The molecule has 6 heteroatoms. The Morgan fingerprint density at radius 2 is 1.94 bits per heavy atom. The molecule has 0 aliphatic rings. The second kappa shape index (κ2) is 4.94. The van der Waals surface area contributed by atoms with Crippen molar-refractivity contribution < 1.29 is 8.42 Å². The fourth-order valence-corrected chi connectivity index (χ4v) is 2.56. The number of sulfonamides is 1. The van der Waals surface area contributed by atoms with Crippen LogP contribution in [0.25, 0.3) is 0 Å². The first kappa shape index (κ1) is 13.8. The van der Waals surface area contributed by atoms with E-state index in [4.69, 9.17) is 11.6 Å². The van der Waals surface area contributed by atoms with Crippen molar-refractivity contribution in [1.29, 1.82) is 0 Å². The standard InChI is InChI=1S/C10H13BrClNO2S/c1-6(2)16(14,15)13-10-5-9(12)7(3)4-8(10)11/h4-6,13H,1-3H3. The van der Waals surface area contributed by atoms with Crippen molar-refractivity contribution in [3.05, 3.63) is 27.2 Å². The second-order valence-corrected chi connectivity index (χ2v) is 7.28. The lowest BCUT2D eigenvalue weighted by Crippen LogP contribution is -2.22. The number of anilines is 1. The second-order valence-electron chi connectivity index (χ2n) is 3.78. The first-order valence-corrected chi connectivity index (χ1v) is 7.43. The molecule has 0 radical (unpaired) electrons. The molecule has 1 rings (SSSR count). The number of halogens is 2. The molecular weight excluding hydrogens is 314 g/mol. The highest BCUT2D eigenvalue weighted by molar-refractivity contribution is 9.10. The fourth-order valence-electron chi connectivity index (χ4n) is 0.996. The number of aryl methyl sites for hydroxylation is 1. The van der Waals surface area contributed by atoms with Gasteiger partial charge >= 0.3 is 0 Å². The van der Waals surface area contributed by atoms with Gasteiger partial charge in [-0.3, -0.25) is 4.72 Å². The molecule has 1 aromatic rings. The van der Waals surface area contributed by atoms with E-state index in [0.29, 0.717) is 15.2 Å². The van der Waals surface area contributed by atoms with E-state index in [2.05, 4.69) is 20.7 Å². The van der Waals surface area contributed by atoms with Crippen LogP contribution in [0.5, 0.6) is 0 Å². The van der Waals surface area contributed by atoms with Crippen LogP contribution in [0, 0.1) is 6.92 Å². The Hall–Kier alpha value is -0.260. The Morgan fingerprint density at radius 1 is 1.38 bits per heavy atom. The van der Waals surface area contributed by atoms with E-state index >= 15 is 0 Å². The molecule has 0 heterocycles. The highest BCUT2D eigenvalue weighted by atomic mass is 79.9. The molecule has 1 N–H and O–H groups in total. The van der Waals surface area contributed by atoms with Gasteiger partial charge in [-0.25, -0.2) is 8.42 Å². The van der Waals surface area contributed by atoms with Gasteiger partial charge in [-0.2, -0.15) is 0 Å². The van der Waals surface area contributed by atoms with Crippen molar-refractivity contribution in [2.45, 2.75) is 26.0 Å². The summed E-state index contributed by atoms with van der Waals surface area (Å²) < 4.78 is 26.5. The predicted molar refractivity (Wildman–Crippen MR) is 71.6 cm³/mol. The molecule has 0 fully saturated rings. The third-order valence-electron chi connectivity index (χ3n) is 2.12. The topological polar surface area (TPSA) is 46.2 Å². The molecule has 90 valence electrons. The number of benzene rings is 1.